The van der Waals surface area contributed by atoms with Crippen LogP contribution in [0.2, 0.25) is 0 Å². The summed E-state index contributed by atoms with van der Waals surface area (Å²) in [4.78, 5) is 22.8. The van der Waals surface area contributed by atoms with Gasteiger partial charge in [0.25, 0.3) is 0 Å². The topological polar surface area (TPSA) is 93.1 Å². The average molecular weight is 296 g/mol. The van der Waals surface area contributed by atoms with Crippen molar-refractivity contribution in [3.05, 3.63) is 35.9 Å². The van der Waals surface area contributed by atoms with Crippen LogP contribution in [0.3, 0.4) is 0 Å². The molecule has 2 unspecified atom stereocenters. The molecule has 1 aromatic rings. The molecule has 1 rings (SSSR count). The highest BCUT2D eigenvalue weighted by atomic mass is 16.5. The number of aliphatic hydroxyl groups excluding tert-OH is 1. The number of hydrogen-bond donors (Lipinski definition) is 2. The highest BCUT2D eigenvalue weighted by Crippen LogP contribution is 2.25. The molecule has 0 saturated carbocycles. The van der Waals surface area contributed by atoms with Crippen molar-refractivity contribution in [1.82, 2.24) is 0 Å². The van der Waals surface area contributed by atoms with Gasteiger partial charge in [-0.25, -0.2) is 0 Å². The highest BCUT2D eigenvalue weighted by Gasteiger charge is 2.44. The van der Waals surface area contributed by atoms with Crippen LogP contribution in [0, 0.1) is 5.41 Å². The number of hydrogen-bond acceptors (Lipinski definition) is 5. The Labute approximate surface area is 123 Å². The molecular weight excluding hydrogens is 276 g/mol. The Hall–Kier alpha value is -1.92. The molecule has 2 N–H and O–H groups in total. The molecule has 21 heavy (non-hydrogen) atoms. The third-order valence-electron chi connectivity index (χ3n) is 3.17. The van der Waals surface area contributed by atoms with Crippen molar-refractivity contribution < 1.29 is 29.3 Å². The van der Waals surface area contributed by atoms with Crippen molar-refractivity contribution in [3.63, 3.8) is 0 Å². The maximum Gasteiger partial charge on any atom is 0.323 e. The molecule has 0 bridgehead atoms. The number of esters is 1. The fourth-order valence-corrected chi connectivity index (χ4v) is 1.90. The summed E-state index contributed by atoms with van der Waals surface area (Å²) in [6, 6.07) is 9.37. The summed E-state index contributed by atoms with van der Waals surface area (Å²) in [5.41, 5.74) is -0.844. The molecule has 0 spiro atoms. The average Bonchev–Trinajstić information content (AvgIpc) is 2.47. The lowest BCUT2D eigenvalue weighted by molar-refractivity contribution is -0.168. The minimum atomic E-state index is -1.79. The number of ether oxygens (including phenoxy) is 2. The van der Waals surface area contributed by atoms with E-state index < -0.39 is 23.5 Å². The number of carbonyl (C=O) groups excluding carboxylic acids is 1. The van der Waals surface area contributed by atoms with Gasteiger partial charge in [0.1, 0.15) is 0 Å². The summed E-state index contributed by atoms with van der Waals surface area (Å²) >= 11 is 0. The second kappa shape index (κ2) is 7.75. The molecule has 0 aliphatic rings. The van der Waals surface area contributed by atoms with Gasteiger partial charge in [-0.15, -0.1) is 0 Å². The molecular formula is C15H20O6. The van der Waals surface area contributed by atoms with E-state index in [-0.39, 0.29) is 13.0 Å². The summed E-state index contributed by atoms with van der Waals surface area (Å²) in [6.45, 7) is 1.47. The third-order valence-corrected chi connectivity index (χ3v) is 3.17. The molecule has 0 aliphatic carbocycles. The Balaban J connectivity index is 2.49. The van der Waals surface area contributed by atoms with Gasteiger partial charge in [-0.3, -0.25) is 9.59 Å². The fourth-order valence-electron chi connectivity index (χ4n) is 1.90. The van der Waals surface area contributed by atoms with Gasteiger partial charge in [0.2, 0.25) is 0 Å². The van der Waals surface area contributed by atoms with Gasteiger partial charge in [0.15, 0.2) is 5.41 Å². The first kappa shape index (κ1) is 17.1. The molecule has 6 nitrogen and oxygen atoms in total. The first-order chi connectivity index (χ1) is 9.90. The molecule has 6 heteroatoms. The summed E-state index contributed by atoms with van der Waals surface area (Å²) in [7, 11) is 1.11. The minimum Gasteiger partial charge on any atom is -0.480 e. The van der Waals surface area contributed by atoms with Crippen LogP contribution in [0.1, 0.15) is 18.9 Å². The molecule has 0 heterocycles. The lowest BCUT2D eigenvalue weighted by atomic mass is 9.84. The van der Waals surface area contributed by atoms with Gasteiger partial charge in [0.05, 0.1) is 26.4 Å². The van der Waals surface area contributed by atoms with Gasteiger partial charge in [-0.1, -0.05) is 30.3 Å². The largest absolute Gasteiger partial charge is 0.480 e. The number of aliphatic carboxylic acids is 1. The Morgan fingerprint density at radius 2 is 1.90 bits per heavy atom. The predicted molar refractivity (Wildman–Crippen MR) is 74.5 cm³/mol. The maximum absolute atomic E-state index is 11.6. The van der Waals surface area contributed by atoms with Crippen LogP contribution in [0.4, 0.5) is 0 Å². The normalized spacial score (nSPS) is 15.0. The first-order valence-electron chi connectivity index (χ1n) is 6.51. The summed E-state index contributed by atoms with van der Waals surface area (Å²) in [6.07, 6.45) is -1.35. The van der Waals surface area contributed by atoms with Crippen molar-refractivity contribution in [2.24, 2.45) is 5.41 Å². The number of carboxylic acid groups (broad SMARTS) is 1. The zero-order valence-electron chi connectivity index (χ0n) is 12.1. The van der Waals surface area contributed by atoms with E-state index >= 15 is 0 Å². The smallest absolute Gasteiger partial charge is 0.323 e. The van der Waals surface area contributed by atoms with E-state index in [0.717, 1.165) is 12.7 Å². The first-order valence-corrected chi connectivity index (χ1v) is 6.51. The second-order valence-corrected chi connectivity index (χ2v) is 4.99. The standard InChI is InChI=1S/C15H20O6/c1-15(13(17)18,14(19)20-2)8-12(16)10-21-9-11-6-4-3-5-7-11/h3-7,12,16H,8-10H2,1-2H3,(H,17,18). The van der Waals surface area contributed by atoms with E-state index in [4.69, 9.17) is 9.84 Å². The molecule has 0 fully saturated rings. The molecule has 116 valence electrons. The van der Waals surface area contributed by atoms with Crippen molar-refractivity contribution >= 4 is 11.9 Å². The summed E-state index contributed by atoms with van der Waals surface area (Å²) in [5, 5.41) is 19.0. The Morgan fingerprint density at radius 1 is 1.29 bits per heavy atom. The molecule has 0 aliphatic heterocycles. The van der Waals surface area contributed by atoms with Gasteiger partial charge >= 0.3 is 11.9 Å². The number of benzene rings is 1. The van der Waals surface area contributed by atoms with E-state index in [1.807, 2.05) is 30.3 Å². The van der Waals surface area contributed by atoms with Gasteiger partial charge in [0, 0.05) is 6.42 Å². The van der Waals surface area contributed by atoms with E-state index in [1.165, 1.54) is 6.92 Å². The quantitative estimate of drug-likeness (QED) is 0.553. The predicted octanol–water partition coefficient (Wildman–Crippen LogP) is 1.22. The van der Waals surface area contributed by atoms with Crippen LogP contribution in [0.15, 0.2) is 30.3 Å². The SMILES string of the molecule is COC(=O)C(C)(CC(O)COCc1ccccc1)C(=O)O. The van der Waals surface area contributed by atoms with Crippen LogP contribution in [0.25, 0.3) is 0 Å². The highest BCUT2D eigenvalue weighted by molar-refractivity contribution is 5.98. The Bertz CT molecular complexity index is 472. The third kappa shape index (κ3) is 4.84. The van der Waals surface area contributed by atoms with Crippen LogP contribution in [-0.4, -0.2) is 42.0 Å². The van der Waals surface area contributed by atoms with E-state index in [1.54, 1.807) is 0 Å². The van der Waals surface area contributed by atoms with E-state index in [2.05, 4.69) is 4.74 Å². The Kier molecular flexibility index (Phi) is 6.33. The van der Waals surface area contributed by atoms with Crippen molar-refractivity contribution in [2.45, 2.75) is 26.1 Å². The summed E-state index contributed by atoms with van der Waals surface area (Å²) in [5.74, 6) is -2.23. The van der Waals surface area contributed by atoms with Crippen LogP contribution < -0.4 is 0 Å². The maximum atomic E-state index is 11.6. The number of carboxylic acids is 1. The van der Waals surface area contributed by atoms with Crippen LogP contribution in [0.5, 0.6) is 0 Å². The van der Waals surface area contributed by atoms with E-state index in [9.17, 15) is 14.7 Å². The second-order valence-electron chi connectivity index (χ2n) is 4.99. The number of carbonyl (C=O) groups is 2. The molecule has 2 atom stereocenters. The minimum absolute atomic E-state index is 0.0608. The monoisotopic (exact) mass is 296 g/mol. The van der Waals surface area contributed by atoms with Crippen LogP contribution >= 0.6 is 0 Å². The van der Waals surface area contributed by atoms with Crippen molar-refractivity contribution in [1.29, 1.82) is 0 Å². The lowest BCUT2D eigenvalue weighted by Crippen LogP contribution is -2.41. The zero-order chi connectivity index (χ0) is 15.9. The van der Waals surface area contributed by atoms with E-state index in [0.29, 0.717) is 6.61 Å². The number of rotatable bonds is 8. The van der Waals surface area contributed by atoms with Crippen molar-refractivity contribution in [2.75, 3.05) is 13.7 Å². The lowest BCUT2D eigenvalue weighted by Gasteiger charge is -2.24. The molecule has 0 aromatic heterocycles. The molecule has 0 saturated heterocycles. The number of aliphatic hydroxyl groups is 1. The van der Waals surface area contributed by atoms with Crippen molar-refractivity contribution in [3.8, 4) is 0 Å². The molecule has 0 radical (unpaired) electrons. The molecule has 0 amide bonds. The van der Waals surface area contributed by atoms with Gasteiger partial charge in [-0.2, -0.15) is 0 Å². The molecule has 1 aromatic carbocycles. The van der Waals surface area contributed by atoms with Gasteiger partial charge in [-0.05, 0) is 12.5 Å². The zero-order valence-corrected chi connectivity index (χ0v) is 12.1. The summed E-state index contributed by atoms with van der Waals surface area (Å²) < 4.78 is 9.81. The Morgan fingerprint density at radius 3 is 2.43 bits per heavy atom. The van der Waals surface area contributed by atoms with Gasteiger partial charge < -0.3 is 19.7 Å². The number of methoxy groups -OCH3 is 1. The van der Waals surface area contributed by atoms with Crippen LogP contribution in [-0.2, 0) is 25.7 Å². The fraction of sp³-hybridized carbons (Fsp3) is 0.467.